The molecule has 0 spiro atoms. The molecule has 19 heavy (non-hydrogen) atoms. The number of carboxylic acids is 1. The van der Waals surface area contributed by atoms with E-state index in [0.717, 1.165) is 0 Å². The lowest BCUT2D eigenvalue weighted by Gasteiger charge is -2.18. The largest absolute Gasteiger partial charge is 0.480 e. The van der Waals surface area contributed by atoms with E-state index in [2.05, 4.69) is 16.6 Å². The minimum Gasteiger partial charge on any atom is -0.480 e. The summed E-state index contributed by atoms with van der Waals surface area (Å²) in [5.41, 5.74) is 4.93. The molecule has 3 amide bonds. The molecule has 0 heterocycles. The highest BCUT2D eigenvalue weighted by molar-refractivity contribution is 5.83. The van der Waals surface area contributed by atoms with Gasteiger partial charge in [-0.25, -0.2) is 9.59 Å². The number of nitrogens with two attached hydrogens (primary N) is 1. The zero-order chi connectivity index (χ0) is 14.8. The number of carbonyl (C=O) groups excluding carboxylic acids is 2. The topological polar surface area (TPSA) is 122 Å². The van der Waals surface area contributed by atoms with Crippen molar-refractivity contribution in [3.8, 4) is 12.3 Å². The van der Waals surface area contributed by atoms with Gasteiger partial charge < -0.3 is 21.5 Å². The number of primary amides is 1. The van der Waals surface area contributed by atoms with Gasteiger partial charge in [-0.3, -0.25) is 4.79 Å². The van der Waals surface area contributed by atoms with E-state index in [1.165, 1.54) is 0 Å². The van der Waals surface area contributed by atoms with Crippen LogP contribution in [-0.2, 0) is 9.59 Å². The van der Waals surface area contributed by atoms with Crippen LogP contribution in [0.1, 0.15) is 32.6 Å². The molecular weight excluding hydrogens is 250 g/mol. The van der Waals surface area contributed by atoms with Gasteiger partial charge in [-0.15, -0.1) is 12.3 Å². The zero-order valence-corrected chi connectivity index (χ0v) is 10.8. The van der Waals surface area contributed by atoms with E-state index in [1.54, 1.807) is 0 Å². The average molecular weight is 269 g/mol. The van der Waals surface area contributed by atoms with Crippen molar-refractivity contribution >= 4 is 17.9 Å². The van der Waals surface area contributed by atoms with Crippen LogP contribution in [0.2, 0.25) is 0 Å². The Morgan fingerprint density at radius 1 is 1.37 bits per heavy atom. The van der Waals surface area contributed by atoms with Crippen molar-refractivity contribution in [2.45, 2.75) is 44.7 Å². The van der Waals surface area contributed by atoms with Crippen LogP contribution in [0.3, 0.4) is 0 Å². The van der Waals surface area contributed by atoms with E-state index in [4.69, 9.17) is 17.3 Å². The molecule has 2 atom stereocenters. The highest BCUT2D eigenvalue weighted by atomic mass is 16.4. The molecule has 0 aliphatic heterocycles. The smallest absolute Gasteiger partial charge is 0.326 e. The van der Waals surface area contributed by atoms with Crippen LogP contribution in [0.5, 0.6) is 0 Å². The number of hydrogen-bond donors (Lipinski definition) is 4. The molecule has 0 aromatic rings. The Morgan fingerprint density at radius 2 is 2.00 bits per heavy atom. The molecule has 1 unspecified atom stereocenters. The van der Waals surface area contributed by atoms with Crippen LogP contribution < -0.4 is 16.4 Å². The minimum absolute atomic E-state index is 0.0516. The van der Waals surface area contributed by atoms with Crippen LogP contribution in [-0.4, -0.2) is 35.1 Å². The van der Waals surface area contributed by atoms with Crippen molar-refractivity contribution in [3.63, 3.8) is 0 Å². The molecule has 0 rings (SSSR count). The van der Waals surface area contributed by atoms with E-state index >= 15 is 0 Å². The number of aliphatic carboxylic acids is 1. The zero-order valence-electron chi connectivity index (χ0n) is 10.8. The third kappa shape index (κ3) is 7.65. The molecule has 7 nitrogen and oxygen atoms in total. The second-order valence-electron chi connectivity index (χ2n) is 4.03. The predicted octanol–water partition coefficient (Wildman–Crippen LogP) is -0.194. The maximum atomic E-state index is 11.6. The number of rotatable bonds is 8. The summed E-state index contributed by atoms with van der Waals surface area (Å²) in [6.45, 7) is 1.85. The standard InChI is InChI=1S/C12H19N3O4/c1-3-5-8(4-2)14-12(19)15-9(11(17)18)6-7-10(13)16/h1,8-9H,4-7H2,2H3,(H2,13,16)(H,17,18)(H2,14,15,19)/t8?,9-/m0/s1. The number of terminal acetylenes is 1. The molecule has 0 aromatic heterocycles. The number of carbonyl (C=O) groups is 3. The van der Waals surface area contributed by atoms with Crippen molar-refractivity contribution in [1.29, 1.82) is 0 Å². The molecule has 5 N–H and O–H groups in total. The molecule has 0 saturated carbocycles. The van der Waals surface area contributed by atoms with Gasteiger partial charge in [0.2, 0.25) is 5.91 Å². The Labute approximate surface area is 111 Å². The Hall–Kier alpha value is -2.23. The quantitative estimate of drug-likeness (QED) is 0.456. The SMILES string of the molecule is C#CCC(CC)NC(=O)N[C@@H](CCC(N)=O)C(=O)O. The molecule has 0 aromatic carbocycles. The van der Waals surface area contributed by atoms with E-state index in [-0.39, 0.29) is 18.9 Å². The number of urea groups is 1. The first kappa shape index (κ1) is 16.8. The first-order valence-electron chi connectivity index (χ1n) is 5.92. The van der Waals surface area contributed by atoms with Gasteiger partial charge in [0, 0.05) is 18.9 Å². The Morgan fingerprint density at radius 3 is 2.42 bits per heavy atom. The summed E-state index contributed by atoms with van der Waals surface area (Å²) in [6, 6.07) is -2.00. The van der Waals surface area contributed by atoms with Crippen LogP contribution in [0.4, 0.5) is 4.79 Å². The Balaban J connectivity index is 4.34. The fraction of sp³-hybridized carbons (Fsp3) is 0.583. The summed E-state index contributed by atoms with van der Waals surface area (Å²) in [4.78, 5) is 33.1. The second kappa shape index (κ2) is 8.80. The fourth-order valence-corrected chi connectivity index (χ4v) is 1.37. The summed E-state index contributed by atoms with van der Waals surface area (Å²) < 4.78 is 0. The van der Waals surface area contributed by atoms with Gasteiger partial charge in [-0.1, -0.05) is 6.92 Å². The predicted molar refractivity (Wildman–Crippen MR) is 69.0 cm³/mol. The minimum atomic E-state index is -1.22. The van der Waals surface area contributed by atoms with E-state index in [1.807, 2.05) is 6.92 Å². The normalized spacial score (nSPS) is 12.8. The molecule has 106 valence electrons. The molecule has 0 bridgehead atoms. The van der Waals surface area contributed by atoms with Gasteiger partial charge in [0.05, 0.1) is 0 Å². The van der Waals surface area contributed by atoms with Gasteiger partial charge in [0.25, 0.3) is 0 Å². The lowest BCUT2D eigenvalue weighted by Crippen LogP contribution is -2.49. The van der Waals surface area contributed by atoms with Crippen molar-refractivity contribution in [3.05, 3.63) is 0 Å². The van der Waals surface area contributed by atoms with Crippen LogP contribution in [0, 0.1) is 12.3 Å². The molecule has 0 fully saturated rings. The third-order valence-corrected chi connectivity index (χ3v) is 2.48. The summed E-state index contributed by atoms with van der Waals surface area (Å²) >= 11 is 0. The second-order valence-corrected chi connectivity index (χ2v) is 4.03. The van der Waals surface area contributed by atoms with Gasteiger partial charge >= 0.3 is 12.0 Å². The lowest BCUT2D eigenvalue weighted by atomic mass is 10.1. The van der Waals surface area contributed by atoms with Gasteiger partial charge in [0.1, 0.15) is 6.04 Å². The van der Waals surface area contributed by atoms with E-state index < -0.39 is 23.9 Å². The number of hydrogen-bond acceptors (Lipinski definition) is 3. The van der Waals surface area contributed by atoms with Crippen molar-refractivity contribution in [1.82, 2.24) is 10.6 Å². The van der Waals surface area contributed by atoms with Crippen molar-refractivity contribution < 1.29 is 19.5 Å². The van der Waals surface area contributed by atoms with E-state index in [0.29, 0.717) is 12.8 Å². The molecule has 0 saturated heterocycles. The monoisotopic (exact) mass is 269 g/mol. The highest BCUT2D eigenvalue weighted by Gasteiger charge is 2.21. The summed E-state index contributed by atoms with van der Waals surface area (Å²) in [7, 11) is 0. The van der Waals surface area contributed by atoms with Gasteiger partial charge in [-0.2, -0.15) is 0 Å². The van der Waals surface area contributed by atoms with Gasteiger partial charge in [-0.05, 0) is 12.8 Å². The summed E-state index contributed by atoms with van der Waals surface area (Å²) in [6.07, 6.45) is 5.98. The number of nitrogens with one attached hydrogen (secondary N) is 2. The summed E-state index contributed by atoms with van der Waals surface area (Å²) in [5.74, 6) is 0.581. The molecule has 7 heteroatoms. The lowest BCUT2D eigenvalue weighted by molar-refractivity contribution is -0.139. The van der Waals surface area contributed by atoms with Crippen LogP contribution >= 0.6 is 0 Å². The van der Waals surface area contributed by atoms with Gasteiger partial charge in [0.15, 0.2) is 0 Å². The molecule has 0 aliphatic rings. The van der Waals surface area contributed by atoms with Crippen molar-refractivity contribution in [2.75, 3.05) is 0 Å². The highest BCUT2D eigenvalue weighted by Crippen LogP contribution is 1.99. The van der Waals surface area contributed by atoms with Crippen LogP contribution in [0.15, 0.2) is 0 Å². The van der Waals surface area contributed by atoms with Crippen molar-refractivity contribution in [2.24, 2.45) is 5.73 Å². The fourth-order valence-electron chi connectivity index (χ4n) is 1.37. The van der Waals surface area contributed by atoms with E-state index in [9.17, 15) is 14.4 Å². The molecule has 0 aliphatic carbocycles. The maximum absolute atomic E-state index is 11.6. The number of carboxylic acid groups (broad SMARTS) is 1. The first-order chi connectivity index (χ1) is 8.90. The molecule has 0 radical (unpaired) electrons. The van der Waals surface area contributed by atoms with Crippen LogP contribution in [0.25, 0.3) is 0 Å². The Bertz CT molecular complexity index is 376. The average Bonchev–Trinajstić information content (AvgIpc) is 2.33. The first-order valence-corrected chi connectivity index (χ1v) is 5.92. The maximum Gasteiger partial charge on any atom is 0.326 e. The Kier molecular flexibility index (Phi) is 7.77. The number of amides is 3. The summed E-state index contributed by atoms with van der Waals surface area (Å²) in [5, 5.41) is 13.7. The molecular formula is C12H19N3O4. The third-order valence-electron chi connectivity index (χ3n) is 2.48.